The van der Waals surface area contributed by atoms with Crippen LogP contribution in [0, 0.1) is 11.3 Å². The first-order chi connectivity index (χ1) is 10.3. The number of hydrogen-bond acceptors (Lipinski definition) is 6. The number of thiazole rings is 1. The average Bonchev–Trinajstić information content (AvgIpc) is 3.00. The van der Waals surface area contributed by atoms with Crippen LogP contribution in [0.3, 0.4) is 0 Å². The third-order valence-electron chi connectivity index (χ3n) is 3.14. The Kier molecular flexibility index (Phi) is 3.75. The van der Waals surface area contributed by atoms with E-state index in [1.54, 1.807) is 11.3 Å². The van der Waals surface area contributed by atoms with E-state index in [0.717, 1.165) is 28.0 Å². The van der Waals surface area contributed by atoms with Crippen molar-refractivity contribution in [3.63, 3.8) is 0 Å². The summed E-state index contributed by atoms with van der Waals surface area (Å²) in [6.07, 6.45) is 2.89. The lowest BCUT2D eigenvalue weighted by atomic mass is 10.1. The van der Waals surface area contributed by atoms with E-state index in [4.69, 9.17) is 0 Å². The lowest BCUT2D eigenvalue weighted by molar-refractivity contribution is 1.03. The fraction of sp³-hybridized carbons (Fsp3) is 0.200. The van der Waals surface area contributed by atoms with E-state index in [1.165, 1.54) is 4.88 Å². The molecule has 0 radical (unpaired) electrons. The Hall–Kier alpha value is -2.52. The van der Waals surface area contributed by atoms with E-state index in [2.05, 4.69) is 33.5 Å². The zero-order valence-corrected chi connectivity index (χ0v) is 12.3. The van der Waals surface area contributed by atoms with E-state index in [0.29, 0.717) is 12.2 Å². The van der Waals surface area contributed by atoms with Crippen molar-refractivity contribution in [1.82, 2.24) is 15.2 Å². The van der Waals surface area contributed by atoms with Gasteiger partial charge in [-0.1, -0.05) is 25.1 Å². The number of nitrogens with zero attached hydrogens (tertiary/aromatic N) is 4. The largest absolute Gasteiger partial charge is 0.376 e. The third-order valence-corrected chi connectivity index (χ3v) is 4.28. The first-order valence-corrected chi connectivity index (χ1v) is 7.46. The summed E-state index contributed by atoms with van der Waals surface area (Å²) in [7, 11) is 0. The number of anilines is 1. The highest BCUT2D eigenvalue weighted by Gasteiger charge is 2.10. The minimum atomic E-state index is 0.306. The molecule has 1 aromatic carbocycles. The van der Waals surface area contributed by atoms with E-state index in [1.807, 2.05) is 30.5 Å². The maximum atomic E-state index is 9.21. The Balaban J connectivity index is 1.93. The lowest BCUT2D eigenvalue weighted by Crippen LogP contribution is -2.04. The Morgan fingerprint density at radius 2 is 2.14 bits per heavy atom. The molecule has 0 saturated carbocycles. The van der Waals surface area contributed by atoms with Gasteiger partial charge in [0.25, 0.3) is 0 Å². The predicted molar refractivity (Wildman–Crippen MR) is 83.1 cm³/mol. The molecule has 2 heterocycles. The van der Waals surface area contributed by atoms with Crippen molar-refractivity contribution < 1.29 is 0 Å². The van der Waals surface area contributed by atoms with Gasteiger partial charge in [0.2, 0.25) is 0 Å². The molecule has 0 aliphatic rings. The first kappa shape index (κ1) is 13.5. The Morgan fingerprint density at radius 1 is 1.29 bits per heavy atom. The fourth-order valence-electron chi connectivity index (χ4n) is 2.07. The highest BCUT2D eigenvalue weighted by Crippen LogP contribution is 2.25. The zero-order valence-electron chi connectivity index (χ0n) is 11.5. The van der Waals surface area contributed by atoms with Crippen molar-refractivity contribution in [3.8, 4) is 6.07 Å². The van der Waals surface area contributed by atoms with Gasteiger partial charge in [0, 0.05) is 16.5 Å². The molecule has 0 fully saturated rings. The molecule has 0 saturated heterocycles. The van der Waals surface area contributed by atoms with E-state index < -0.39 is 0 Å². The van der Waals surface area contributed by atoms with Gasteiger partial charge in [0.15, 0.2) is 5.69 Å². The van der Waals surface area contributed by atoms with Crippen LogP contribution in [0.5, 0.6) is 0 Å². The van der Waals surface area contributed by atoms with Crippen LogP contribution in [0.4, 0.5) is 5.69 Å². The molecule has 104 valence electrons. The SMILES string of the molecule is CCc1cnc(CNc2c(C#N)nnc3ccccc23)s1. The Bertz CT molecular complexity index is 818. The lowest BCUT2D eigenvalue weighted by Gasteiger charge is -2.08. The van der Waals surface area contributed by atoms with Crippen LogP contribution in [0.1, 0.15) is 22.5 Å². The highest BCUT2D eigenvalue weighted by atomic mass is 32.1. The molecule has 6 heteroatoms. The van der Waals surface area contributed by atoms with Gasteiger partial charge in [-0.2, -0.15) is 5.26 Å². The fourth-order valence-corrected chi connectivity index (χ4v) is 2.87. The van der Waals surface area contributed by atoms with Crippen molar-refractivity contribution in [2.75, 3.05) is 5.32 Å². The summed E-state index contributed by atoms with van der Waals surface area (Å²) in [5.41, 5.74) is 1.80. The Morgan fingerprint density at radius 3 is 2.90 bits per heavy atom. The van der Waals surface area contributed by atoms with Gasteiger partial charge < -0.3 is 5.32 Å². The Labute approximate surface area is 126 Å². The van der Waals surface area contributed by atoms with Gasteiger partial charge >= 0.3 is 0 Å². The standard InChI is InChI=1S/C15H13N5S/c1-2-10-8-17-14(21-10)9-18-15-11-5-3-4-6-12(11)19-20-13(15)7-16/h3-6,8H,2,9H2,1H3,(H,18,19). The number of fused-ring (bicyclic) bond motifs is 1. The summed E-state index contributed by atoms with van der Waals surface area (Å²) >= 11 is 1.68. The van der Waals surface area contributed by atoms with Crippen molar-refractivity contribution >= 4 is 27.9 Å². The van der Waals surface area contributed by atoms with Gasteiger partial charge in [-0.05, 0) is 12.5 Å². The van der Waals surface area contributed by atoms with E-state index in [-0.39, 0.29) is 0 Å². The molecule has 5 nitrogen and oxygen atoms in total. The summed E-state index contributed by atoms with van der Waals surface area (Å²) in [6, 6.07) is 9.74. The highest BCUT2D eigenvalue weighted by molar-refractivity contribution is 7.11. The molecule has 0 amide bonds. The number of nitrogens with one attached hydrogen (secondary N) is 1. The molecule has 3 aromatic rings. The van der Waals surface area contributed by atoms with Crippen LogP contribution in [0.15, 0.2) is 30.5 Å². The smallest absolute Gasteiger partial charge is 0.186 e. The molecule has 0 bridgehead atoms. The third kappa shape index (κ3) is 2.69. The number of aromatic nitrogens is 3. The van der Waals surface area contributed by atoms with Crippen molar-refractivity contribution in [3.05, 3.63) is 46.0 Å². The summed E-state index contributed by atoms with van der Waals surface area (Å²) in [5.74, 6) is 0. The van der Waals surface area contributed by atoms with Gasteiger partial charge in [0.1, 0.15) is 11.1 Å². The number of hydrogen-bond donors (Lipinski definition) is 1. The number of nitriles is 1. The van der Waals surface area contributed by atoms with Crippen molar-refractivity contribution in [2.45, 2.75) is 19.9 Å². The minimum Gasteiger partial charge on any atom is -0.376 e. The van der Waals surface area contributed by atoms with Crippen LogP contribution in [0.25, 0.3) is 10.9 Å². The topological polar surface area (TPSA) is 74.5 Å². The second-order valence-electron chi connectivity index (χ2n) is 4.48. The van der Waals surface area contributed by atoms with Gasteiger partial charge in [-0.25, -0.2) is 4.98 Å². The maximum absolute atomic E-state index is 9.21. The van der Waals surface area contributed by atoms with E-state index in [9.17, 15) is 5.26 Å². The monoisotopic (exact) mass is 295 g/mol. The molecule has 0 atom stereocenters. The number of benzene rings is 1. The first-order valence-electron chi connectivity index (χ1n) is 6.64. The van der Waals surface area contributed by atoms with Gasteiger partial charge in [-0.15, -0.1) is 21.5 Å². The summed E-state index contributed by atoms with van der Waals surface area (Å²) in [6.45, 7) is 2.69. The zero-order chi connectivity index (χ0) is 14.7. The summed E-state index contributed by atoms with van der Waals surface area (Å²) in [4.78, 5) is 5.63. The second-order valence-corrected chi connectivity index (χ2v) is 5.68. The molecular weight excluding hydrogens is 282 g/mol. The molecule has 21 heavy (non-hydrogen) atoms. The molecule has 2 aromatic heterocycles. The number of aryl methyl sites for hydroxylation is 1. The van der Waals surface area contributed by atoms with E-state index >= 15 is 0 Å². The predicted octanol–water partition coefficient (Wildman–Crippen LogP) is 3.13. The molecule has 0 aliphatic carbocycles. The second kappa shape index (κ2) is 5.85. The van der Waals surface area contributed by atoms with Crippen LogP contribution < -0.4 is 5.32 Å². The van der Waals surface area contributed by atoms with Crippen LogP contribution in [0.2, 0.25) is 0 Å². The quantitative estimate of drug-likeness (QED) is 0.800. The van der Waals surface area contributed by atoms with Gasteiger partial charge in [-0.3, -0.25) is 0 Å². The average molecular weight is 295 g/mol. The molecule has 3 rings (SSSR count). The number of rotatable bonds is 4. The van der Waals surface area contributed by atoms with Crippen LogP contribution >= 0.6 is 11.3 Å². The molecule has 0 unspecified atom stereocenters. The van der Waals surface area contributed by atoms with Crippen LogP contribution in [-0.4, -0.2) is 15.2 Å². The molecule has 0 aliphatic heterocycles. The summed E-state index contributed by atoms with van der Waals surface area (Å²) < 4.78 is 0. The molecular formula is C15H13N5S. The van der Waals surface area contributed by atoms with Crippen molar-refractivity contribution in [2.24, 2.45) is 0 Å². The van der Waals surface area contributed by atoms with Crippen LogP contribution in [-0.2, 0) is 13.0 Å². The normalized spacial score (nSPS) is 10.5. The minimum absolute atomic E-state index is 0.306. The van der Waals surface area contributed by atoms with Crippen molar-refractivity contribution in [1.29, 1.82) is 5.26 Å². The molecule has 1 N–H and O–H groups in total. The summed E-state index contributed by atoms with van der Waals surface area (Å²) in [5, 5.41) is 22.4. The maximum Gasteiger partial charge on any atom is 0.186 e. The van der Waals surface area contributed by atoms with Gasteiger partial charge in [0.05, 0.1) is 17.7 Å². The molecule has 0 spiro atoms.